The smallest absolute Gasteiger partial charge is 0.186 e. The molecule has 8 heteroatoms. The van der Waals surface area contributed by atoms with Gasteiger partial charge >= 0.3 is 0 Å². The van der Waals surface area contributed by atoms with Crippen LogP contribution < -0.4 is 4.74 Å². The lowest BCUT2D eigenvalue weighted by Crippen LogP contribution is -2.60. The zero-order chi connectivity index (χ0) is 23.5. The van der Waals surface area contributed by atoms with E-state index >= 15 is 0 Å². The van der Waals surface area contributed by atoms with Crippen LogP contribution in [0.3, 0.4) is 0 Å². The molecule has 1 unspecified atom stereocenters. The molecular formula is C25H36O8. The monoisotopic (exact) mass is 464 g/mol. The molecule has 0 aromatic heterocycles. The van der Waals surface area contributed by atoms with Gasteiger partial charge in [-0.25, -0.2) is 0 Å². The Bertz CT molecular complexity index is 874. The van der Waals surface area contributed by atoms with Crippen LogP contribution in [-0.4, -0.2) is 76.1 Å². The van der Waals surface area contributed by atoms with E-state index in [1.54, 1.807) is 7.11 Å². The third-order valence-corrected chi connectivity index (χ3v) is 9.08. The molecule has 1 saturated heterocycles. The molecule has 4 aliphatic rings. The first-order chi connectivity index (χ1) is 15.8. The highest BCUT2D eigenvalue weighted by molar-refractivity contribution is 5.49. The van der Waals surface area contributed by atoms with E-state index in [1.165, 1.54) is 11.1 Å². The third-order valence-electron chi connectivity index (χ3n) is 9.08. The van der Waals surface area contributed by atoms with Crippen molar-refractivity contribution in [3.05, 3.63) is 23.3 Å². The van der Waals surface area contributed by atoms with Crippen molar-refractivity contribution in [1.29, 1.82) is 0 Å². The summed E-state index contributed by atoms with van der Waals surface area (Å²) in [5.41, 5.74) is 2.42. The maximum absolute atomic E-state index is 10.5. The van der Waals surface area contributed by atoms with Crippen LogP contribution in [0, 0.1) is 17.3 Å². The SMILES string of the molecule is COc1cc2c(cc1O)CC[C@@H]1[C@@H]2CC[C@]2(C)C(O[C@@H]3O[C@H](CO)[C@H](O)[C@H](O)[C@H]3O)CC[C@@H]12. The van der Waals surface area contributed by atoms with Crippen molar-refractivity contribution >= 4 is 0 Å². The Morgan fingerprint density at radius 1 is 1.06 bits per heavy atom. The van der Waals surface area contributed by atoms with Gasteiger partial charge in [-0.05, 0) is 85.0 Å². The van der Waals surface area contributed by atoms with E-state index in [0.717, 1.165) is 38.5 Å². The molecule has 1 aliphatic heterocycles. The van der Waals surface area contributed by atoms with Crippen molar-refractivity contribution in [1.82, 2.24) is 0 Å². The molecule has 1 aromatic carbocycles. The number of methoxy groups -OCH3 is 1. The number of benzene rings is 1. The van der Waals surface area contributed by atoms with Gasteiger partial charge in [0.25, 0.3) is 0 Å². The molecule has 0 amide bonds. The lowest BCUT2D eigenvalue weighted by molar-refractivity contribution is -0.319. The fraction of sp³-hybridized carbons (Fsp3) is 0.760. The number of hydrogen-bond acceptors (Lipinski definition) is 8. The Labute approximate surface area is 194 Å². The first-order valence-corrected chi connectivity index (χ1v) is 12.1. The maximum Gasteiger partial charge on any atom is 0.186 e. The molecule has 2 saturated carbocycles. The number of ether oxygens (including phenoxy) is 3. The molecule has 10 atom stereocenters. The lowest BCUT2D eigenvalue weighted by atomic mass is 9.55. The van der Waals surface area contributed by atoms with Crippen molar-refractivity contribution in [3.63, 3.8) is 0 Å². The topological polar surface area (TPSA) is 129 Å². The second kappa shape index (κ2) is 8.66. The molecule has 1 aromatic rings. The number of hydrogen-bond donors (Lipinski definition) is 5. The van der Waals surface area contributed by atoms with Gasteiger partial charge in [0.15, 0.2) is 17.8 Å². The predicted molar refractivity (Wildman–Crippen MR) is 118 cm³/mol. The minimum absolute atomic E-state index is 0.0848. The normalized spacial score (nSPS) is 44.6. The first-order valence-electron chi connectivity index (χ1n) is 12.1. The average Bonchev–Trinajstić information content (AvgIpc) is 3.14. The van der Waals surface area contributed by atoms with Crippen LogP contribution in [0.4, 0.5) is 0 Å². The highest BCUT2D eigenvalue weighted by atomic mass is 16.7. The van der Waals surface area contributed by atoms with Gasteiger partial charge in [0.1, 0.15) is 24.4 Å². The molecule has 3 fully saturated rings. The second-order valence-corrected chi connectivity index (χ2v) is 10.6. The van der Waals surface area contributed by atoms with Crippen molar-refractivity contribution in [2.45, 2.75) is 88.2 Å². The van der Waals surface area contributed by atoms with Crippen LogP contribution in [-0.2, 0) is 15.9 Å². The van der Waals surface area contributed by atoms with E-state index in [0.29, 0.717) is 23.5 Å². The molecule has 5 N–H and O–H groups in total. The summed E-state index contributed by atoms with van der Waals surface area (Å²) in [6.45, 7) is 1.81. The Morgan fingerprint density at radius 3 is 2.58 bits per heavy atom. The van der Waals surface area contributed by atoms with Crippen LogP contribution in [0.2, 0.25) is 0 Å². The van der Waals surface area contributed by atoms with Crippen LogP contribution >= 0.6 is 0 Å². The summed E-state index contributed by atoms with van der Waals surface area (Å²) in [6.07, 6.45) is -0.548. The Balaban J connectivity index is 1.35. The van der Waals surface area contributed by atoms with Gasteiger partial charge in [-0.1, -0.05) is 6.92 Å². The van der Waals surface area contributed by atoms with Gasteiger partial charge in [0, 0.05) is 0 Å². The third kappa shape index (κ3) is 3.66. The first kappa shape index (κ1) is 23.3. The number of aliphatic hydroxyl groups excluding tert-OH is 4. The van der Waals surface area contributed by atoms with Crippen LogP contribution in [0.25, 0.3) is 0 Å². The largest absolute Gasteiger partial charge is 0.504 e. The molecule has 33 heavy (non-hydrogen) atoms. The predicted octanol–water partition coefficient (Wildman–Crippen LogP) is 1.44. The van der Waals surface area contributed by atoms with Crippen LogP contribution in [0.5, 0.6) is 11.5 Å². The number of aromatic hydroxyl groups is 1. The minimum Gasteiger partial charge on any atom is -0.504 e. The number of rotatable bonds is 4. The quantitative estimate of drug-likeness (QED) is 0.453. The fourth-order valence-corrected chi connectivity index (χ4v) is 7.27. The van der Waals surface area contributed by atoms with E-state index in [1.807, 2.05) is 12.1 Å². The number of aryl methyl sites for hydroxylation is 1. The van der Waals surface area contributed by atoms with Crippen LogP contribution in [0.1, 0.15) is 56.1 Å². The van der Waals surface area contributed by atoms with E-state index < -0.39 is 37.3 Å². The van der Waals surface area contributed by atoms with Crippen molar-refractivity contribution in [2.75, 3.05) is 13.7 Å². The van der Waals surface area contributed by atoms with Crippen molar-refractivity contribution < 1.29 is 39.7 Å². The van der Waals surface area contributed by atoms with Gasteiger partial charge < -0.3 is 39.7 Å². The van der Waals surface area contributed by atoms with Gasteiger partial charge in [-0.2, -0.15) is 0 Å². The number of phenolic OH excluding ortho intramolecular Hbond substituents is 1. The summed E-state index contributed by atoms with van der Waals surface area (Å²) in [5, 5.41) is 50.4. The molecule has 0 bridgehead atoms. The van der Waals surface area contributed by atoms with E-state index in [9.17, 15) is 25.5 Å². The summed E-state index contributed by atoms with van der Waals surface area (Å²) in [4.78, 5) is 0. The number of aliphatic hydroxyl groups is 4. The second-order valence-electron chi connectivity index (χ2n) is 10.6. The molecular weight excluding hydrogens is 428 g/mol. The molecule has 1 heterocycles. The minimum atomic E-state index is -1.43. The fourth-order valence-electron chi connectivity index (χ4n) is 7.27. The molecule has 3 aliphatic carbocycles. The van der Waals surface area contributed by atoms with Gasteiger partial charge in [0.2, 0.25) is 0 Å². The number of phenols is 1. The summed E-state index contributed by atoms with van der Waals surface area (Å²) < 4.78 is 17.3. The van der Waals surface area contributed by atoms with Gasteiger partial charge in [0.05, 0.1) is 19.8 Å². The van der Waals surface area contributed by atoms with E-state index in [2.05, 4.69) is 6.92 Å². The van der Waals surface area contributed by atoms with Crippen molar-refractivity contribution in [2.24, 2.45) is 17.3 Å². The Hall–Kier alpha value is -1.42. The van der Waals surface area contributed by atoms with Crippen molar-refractivity contribution in [3.8, 4) is 11.5 Å². The highest BCUT2D eigenvalue weighted by Crippen LogP contribution is 2.62. The zero-order valence-corrected chi connectivity index (χ0v) is 19.3. The molecule has 5 rings (SSSR count). The Kier molecular flexibility index (Phi) is 6.12. The standard InChI is InChI=1S/C25H36O8/c1-25-8-7-13-14(4-3-12-9-17(27)18(31-2)10-15(12)13)16(25)5-6-20(25)33-24-23(30)22(29)21(28)19(11-26)32-24/h9-10,13-14,16,19-24,26-30H,3-8,11H2,1-2H3/t13-,14+,16-,19+,20?,21-,22-,23+,24-,25-/m0/s1. The average molecular weight is 465 g/mol. The molecule has 0 radical (unpaired) electrons. The van der Waals surface area contributed by atoms with Gasteiger partial charge in [-0.15, -0.1) is 0 Å². The summed E-state index contributed by atoms with van der Waals surface area (Å²) in [5.74, 6) is 2.11. The maximum atomic E-state index is 10.5. The molecule has 8 nitrogen and oxygen atoms in total. The zero-order valence-electron chi connectivity index (χ0n) is 19.3. The van der Waals surface area contributed by atoms with Gasteiger partial charge in [-0.3, -0.25) is 0 Å². The lowest BCUT2D eigenvalue weighted by Gasteiger charge is -2.51. The summed E-state index contributed by atoms with van der Waals surface area (Å²) in [7, 11) is 1.58. The van der Waals surface area contributed by atoms with E-state index in [-0.39, 0.29) is 17.3 Å². The summed E-state index contributed by atoms with van der Waals surface area (Å²) >= 11 is 0. The number of fused-ring (bicyclic) bond motifs is 5. The van der Waals surface area contributed by atoms with E-state index in [4.69, 9.17) is 14.2 Å². The highest BCUT2D eigenvalue weighted by Gasteiger charge is 2.57. The van der Waals surface area contributed by atoms with Crippen LogP contribution in [0.15, 0.2) is 12.1 Å². The molecule has 0 spiro atoms. The Morgan fingerprint density at radius 2 is 1.85 bits per heavy atom. The summed E-state index contributed by atoms with van der Waals surface area (Å²) in [6, 6.07) is 3.87. The molecule has 184 valence electrons.